The summed E-state index contributed by atoms with van der Waals surface area (Å²) in [6.45, 7) is 7.73. The molecule has 2 aromatic heterocycles. The molecule has 0 bridgehead atoms. The molecular weight excluding hydrogens is 276 g/mol. The van der Waals surface area contributed by atoms with Crippen LogP contribution in [0.5, 0.6) is 11.6 Å². The first-order valence-corrected chi connectivity index (χ1v) is 7.04. The van der Waals surface area contributed by atoms with Crippen LogP contribution in [0.1, 0.15) is 26.3 Å². The average molecular weight is 295 g/mol. The maximum Gasteiger partial charge on any atom is 0.238 e. The summed E-state index contributed by atoms with van der Waals surface area (Å²) in [5.74, 6) is 1.03. The van der Waals surface area contributed by atoms with E-state index in [1.165, 1.54) is 0 Å². The summed E-state index contributed by atoms with van der Waals surface area (Å²) in [4.78, 5) is 4.26. The summed E-state index contributed by atoms with van der Waals surface area (Å²) >= 11 is 6.19. The first-order chi connectivity index (χ1) is 9.58. The molecule has 0 saturated heterocycles. The van der Waals surface area contributed by atoms with Gasteiger partial charge in [0.25, 0.3) is 0 Å². The zero-order valence-electron chi connectivity index (χ0n) is 11.9. The van der Waals surface area contributed by atoms with Crippen molar-refractivity contribution in [3.05, 3.63) is 35.2 Å². The minimum atomic E-state index is 0.399. The van der Waals surface area contributed by atoms with Gasteiger partial charge in [-0.2, -0.15) is 5.10 Å². The third-order valence-electron chi connectivity index (χ3n) is 2.73. The number of rotatable bonds is 6. The fraction of sp³-hybridized carbons (Fsp3) is 0.429. The van der Waals surface area contributed by atoms with Gasteiger partial charge < -0.3 is 10.1 Å². The smallest absolute Gasteiger partial charge is 0.238 e. The van der Waals surface area contributed by atoms with Gasteiger partial charge in [-0.3, -0.25) is 4.68 Å². The summed E-state index contributed by atoms with van der Waals surface area (Å²) in [6, 6.07) is 2.29. The zero-order chi connectivity index (χ0) is 14.5. The lowest BCUT2D eigenvalue weighted by atomic mass is 10.2. The predicted molar refractivity (Wildman–Crippen MR) is 79.2 cm³/mol. The quantitative estimate of drug-likeness (QED) is 0.888. The van der Waals surface area contributed by atoms with E-state index in [0.717, 1.165) is 18.7 Å². The summed E-state index contributed by atoms with van der Waals surface area (Å²) in [5, 5.41) is 7.95. The number of pyridine rings is 1. The van der Waals surface area contributed by atoms with E-state index in [1.807, 2.05) is 19.2 Å². The monoisotopic (exact) mass is 294 g/mol. The van der Waals surface area contributed by atoms with Gasteiger partial charge in [0.1, 0.15) is 5.02 Å². The summed E-state index contributed by atoms with van der Waals surface area (Å²) in [6.07, 6.45) is 5.23. The van der Waals surface area contributed by atoms with Crippen LogP contribution in [0, 0.1) is 0 Å². The van der Waals surface area contributed by atoms with Crippen LogP contribution < -0.4 is 10.1 Å². The van der Waals surface area contributed by atoms with Crippen molar-refractivity contribution >= 4 is 11.6 Å². The van der Waals surface area contributed by atoms with Crippen molar-refractivity contribution in [2.45, 2.75) is 39.9 Å². The second-order valence-electron chi connectivity index (χ2n) is 4.80. The molecule has 108 valence electrons. The van der Waals surface area contributed by atoms with Gasteiger partial charge in [-0.15, -0.1) is 0 Å². The molecule has 20 heavy (non-hydrogen) atoms. The van der Waals surface area contributed by atoms with E-state index in [-0.39, 0.29) is 0 Å². The lowest BCUT2D eigenvalue weighted by Gasteiger charge is -2.09. The van der Waals surface area contributed by atoms with Crippen LogP contribution >= 0.6 is 11.6 Å². The molecule has 0 aliphatic rings. The Morgan fingerprint density at radius 2 is 2.20 bits per heavy atom. The second kappa shape index (κ2) is 6.72. The first kappa shape index (κ1) is 14.8. The summed E-state index contributed by atoms with van der Waals surface area (Å²) < 4.78 is 7.41. The Morgan fingerprint density at radius 3 is 2.80 bits per heavy atom. The number of aromatic nitrogens is 3. The van der Waals surface area contributed by atoms with Crippen LogP contribution in [-0.4, -0.2) is 20.8 Å². The van der Waals surface area contributed by atoms with Gasteiger partial charge in [0.05, 0.1) is 12.4 Å². The van der Waals surface area contributed by atoms with Crippen LogP contribution in [-0.2, 0) is 13.1 Å². The molecule has 2 aromatic rings. The van der Waals surface area contributed by atoms with Crippen LogP contribution in [0.3, 0.4) is 0 Å². The van der Waals surface area contributed by atoms with Crippen LogP contribution in [0.25, 0.3) is 0 Å². The minimum absolute atomic E-state index is 0.399. The highest BCUT2D eigenvalue weighted by molar-refractivity contribution is 6.31. The number of nitrogens with zero attached hydrogens (tertiary/aromatic N) is 3. The second-order valence-corrected chi connectivity index (χ2v) is 5.21. The first-order valence-electron chi connectivity index (χ1n) is 6.66. The molecule has 0 fully saturated rings. The van der Waals surface area contributed by atoms with Gasteiger partial charge in [0.15, 0.2) is 5.75 Å². The topological polar surface area (TPSA) is 52.0 Å². The number of hydrogen-bond donors (Lipinski definition) is 1. The third kappa shape index (κ3) is 3.95. The highest BCUT2D eigenvalue weighted by atomic mass is 35.5. The van der Waals surface area contributed by atoms with Crippen molar-refractivity contribution < 1.29 is 4.74 Å². The molecule has 0 aliphatic heterocycles. The standard InChI is InChI=1S/C14H19ClN4O/c1-4-19-9-12(8-18-19)20-14-13(15)5-11(7-17-14)6-16-10(2)3/h5,7-10,16H,4,6H2,1-3H3. The molecular formula is C14H19ClN4O. The highest BCUT2D eigenvalue weighted by Gasteiger charge is 2.08. The van der Waals surface area contributed by atoms with Crippen molar-refractivity contribution in [3.8, 4) is 11.6 Å². The molecule has 0 spiro atoms. The Kier molecular flexibility index (Phi) is 4.98. The van der Waals surface area contributed by atoms with E-state index in [4.69, 9.17) is 16.3 Å². The Hall–Kier alpha value is -1.59. The minimum Gasteiger partial charge on any atom is -0.434 e. The van der Waals surface area contributed by atoms with Crippen LogP contribution in [0.4, 0.5) is 0 Å². The molecule has 1 N–H and O–H groups in total. The molecule has 2 heterocycles. The Balaban J connectivity index is 2.05. The fourth-order valence-electron chi connectivity index (χ4n) is 1.64. The van der Waals surface area contributed by atoms with Crippen LogP contribution in [0.2, 0.25) is 5.02 Å². The van der Waals surface area contributed by atoms with Gasteiger partial charge in [0.2, 0.25) is 5.88 Å². The number of ether oxygens (including phenoxy) is 1. The molecule has 6 heteroatoms. The third-order valence-corrected chi connectivity index (χ3v) is 3.00. The van der Waals surface area contributed by atoms with Gasteiger partial charge >= 0.3 is 0 Å². The number of halogens is 1. The van der Waals surface area contributed by atoms with Gasteiger partial charge in [-0.05, 0) is 18.6 Å². The fourth-order valence-corrected chi connectivity index (χ4v) is 1.87. The van der Waals surface area contributed by atoms with E-state index >= 15 is 0 Å². The largest absolute Gasteiger partial charge is 0.434 e. The molecule has 5 nitrogen and oxygen atoms in total. The normalized spacial score (nSPS) is 11.1. The Morgan fingerprint density at radius 1 is 1.40 bits per heavy atom. The van der Waals surface area contributed by atoms with Gasteiger partial charge in [-0.1, -0.05) is 25.4 Å². The van der Waals surface area contributed by atoms with Crippen molar-refractivity contribution in [2.24, 2.45) is 0 Å². The van der Waals surface area contributed by atoms with E-state index in [0.29, 0.717) is 22.7 Å². The Bertz CT molecular complexity index is 568. The van der Waals surface area contributed by atoms with Crippen molar-refractivity contribution in [1.29, 1.82) is 0 Å². The van der Waals surface area contributed by atoms with Crippen molar-refractivity contribution in [1.82, 2.24) is 20.1 Å². The highest BCUT2D eigenvalue weighted by Crippen LogP contribution is 2.27. The number of aryl methyl sites for hydroxylation is 1. The van der Waals surface area contributed by atoms with Crippen molar-refractivity contribution in [2.75, 3.05) is 0 Å². The predicted octanol–water partition coefficient (Wildman–Crippen LogP) is 3.24. The lowest BCUT2D eigenvalue weighted by molar-refractivity contribution is 0.461. The maximum absolute atomic E-state index is 6.19. The summed E-state index contributed by atoms with van der Waals surface area (Å²) in [5.41, 5.74) is 1.03. The summed E-state index contributed by atoms with van der Waals surface area (Å²) in [7, 11) is 0. The number of nitrogens with one attached hydrogen (secondary N) is 1. The molecule has 0 atom stereocenters. The average Bonchev–Trinajstić information content (AvgIpc) is 2.87. The van der Waals surface area contributed by atoms with Gasteiger partial charge in [0, 0.05) is 25.3 Å². The molecule has 2 rings (SSSR count). The van der Waals surface area contributed by atoms with E-state index in [2.05, 4.69) is 29.2 Å². The van der Waals surface area contributed by atoms with Crippen molar-refractivity contribution in [3.63, 3.8) is 0 Å². The van der Waals surface area contributed by atoms with E-state index in [1.54, 1.807) is 17.1 Å². The lowest BCUT2D eigenvalue weighted by Crippen LogP contribution is -2.21. The molecule has 0 aromatic carbocycles. The zero-order valence-corrected chi connectivity index (χ0v) is 12.7. The number of hydrogen-bond acceptors (Lipinski definition) is 4. The SMILES string of the molecule is CCn1cc(Oc2ncc(CNC(C)C)cc2Cl)cn1. The molecule has 0 radical (unpaired) electrons. The van der Waals surface area contributed by atoms with E-state index in [9.17, 15) is 0 Å². The van der Waals surface area contributed by atoms with Crippen LogP contribution in [0.15, 0.2) is 24.7 Å². The Labute approximate surface area is 123 Å². The molecule has 0 saturated carbocycles. The van der Waals surface area contributed by atoms with Gasteiger partial charge in [-0.25, -0.2) is 4.98 Å². The maximum atomic E-state index is 6.19. The molecule has 0 amide bonds. The van der Waals surface area contributed by atoms with E-state index < -0.39 is 0 Å². The molecule has 0 aliphatic carbocycles. The molecule has 0 unspecified atom stereocenters.